The number of thioether (sulfide) groups is 1. The minimum absolute atomic E-state index is 0.511. The highest BCUT2D eigenvalue weighted by molar-refractivity contribution is 8.00. The zero-order valence-electron chi connectivity index (χ0n) is 12.6. The minimum atomic E-state index is 0.511. The monoisotopic (exact) mass is 286 g/mol. The van der Waals surface area contributed by atoms with Crippen LogP contribution >= 0.6 is 11.8 Å². The lowest BCUT2D eigenvalue weighted by Crippen LogP contribution is -2.25. The van der Waals surface area contributed by atoms with Crippen LogP contribution in [0.1, 0.15) is 65.2 Å². The molecule has 0 N–H and O–H groups in total. The zero-order chi connectivity index (χ0) is 13.5. The molecule has 0 aromatic carbocycles. The first-order valence-electron chi connectivity index (χ1n) is 8.23. The van der Waals surface area contributed by atoms with Crippen molar-refractivity contribution in [3.63, 3.8) is 0 Å². The van der Waals surface area contributed by atoms with Gasteiger partial charge in [0.15, 0.2) is 0 Å². The van der Waals surface area contributed by atoms with E-state index in [1.54, 1.807) is 0 Å². The fraction of sp³-hybridized carbons (Fsp3) is 1.00. The van der Waals surface area contributed by atoms with E-state index in [0.717, 1.165) is 23.7 Å². The van der Waals surface area contributed by atoms with Gasteiger partial charge in [-0.2, -0.15) is 0 Å². The summed E-state index contributed by atoms with van der Waals surface area (Å²) in [6.45, 7) is 6.48. The lowest BCUT2D eigenvalue weighted by atomic mass is 10.1. The van der Waals surface area contributed by atoms with Gasteiger partial charge >= 0.3 is 0 Å². The summed E-state index contributed by atoms with van der Waals surface area (Å²) in [4.78, 5) is 0. The normalized spacial score (nSPS) is 35.1. The summed E-state index contributed by atoms with van der Waals surface area (Å²) in [6.07, 6.45) is 11.2. The van der Waals surface area contributed by atoms with Gasteiger partial charge in [0.25, 0.3) is 0 Å². The Hall–Kier alpha value is 0.270. The maximum Gasteiger partial charge on any atom is 0.0694 e. The molecule has 0 amide bonds. The molecule has 0 aromatic rings. The molecule has 4 unspecified atom stereocenters. The van der Waals surface area contributed by atoms with Crippen LogP contribution in [0.5, 0.6) is 0 Å². The Balaban J connectivity index is 1.78. The molecule has 2 saturated heterocycles. The lowest BCUT2D eigenvalue weighted by molar-refractivity contribution is 0.101. The molecule has 2 heterocycles. The molecule has 0 aromatic heterocycles. The first kappa shape index (κ1) is 15.7. The summed E-state index contributed by atoms with van der Waals surface area (Å²) in [6, 6.07) is 0. The van der Waals surface area contributed by atoms with Crippen LogP contribution in [0, 0.1) is 0 Å². The molecule has 2 fully saturated rings. The van der Waals surface area contributed by atoms with Crippen LogP contribution in [0.15, 0.2) is 0 Å². The van der Waals surface area contributed by atoms with Gasteiger partial charge in [-0.3, -0.25) is 0 Å². The van der Waals surface area contributed by atoms with Crippen LogP contribution in [0.4, 0.5) is 0 Å². The second-order valence-corrected chi connectivity index (χ2v) is 7.38. The summed E-state index contributed by atoms with van der Waals surface area (Å²) in [5, 5.41) is 1.45. The molecule has 0 saturated carbocycles. The maximum atomic E-state index is 5.93. The maximum absolute atomic E-state index is 5.93. The SMILES string of the molecule is CCCCC1OCCC1SC1CCOC1CCCC. The fourth-order valence-electron chi connectivity index (χ4n) is 3.14. The van der Waals surface area contributed by atoms with Gasteiger partial charge in [0.05, 0.1) is 12.2 Å². The first-order valence-corrected chi connectivity index (χ1v) is 9.18. The molecule has 0 aliphatic carbocycles. The average Bonchev–Trinajstić information content (AvgIpc) is 3.04. The largest absolute Gasteiger partial charge is 0.377 e. The second kappa shape index (κ2) is 8.53. The molecular formula is C16H30O2S. The Labute approximate surface area is 123 Å². The van der Waals surface area contributed by atoms with E-state index < -0.39 is 0 Å². The van der Waals surface area contributed by atoms with Gasteiger partial charge in [0, 0.05) is 23.7 Å². The van der Waals surface area contributed by atoms with Crippen molar-refractivity contribution in [1.82, 2.24) is 0 Å². The number of hydrogen-bond acceptors (Lipinski definition) is 3. The van der Waals surface area contributed by atoms with Gasteiger partial charge in [-0.25, -0.2) is 0 Å². The van der Waals surface area contributed by atoms with E-state index >= 15 is 0 Å². The van der Waals surface area contributed by atoms with Gasteiger partial charge in [0.1, 0.15) is 0 Å². The van der Waals surface area contributed by atoms with Gasteiger partial charge in [-0.1, -0.05) is 39.5 Å². The number of unbranched alkanes of at least 4 members (excludes halogenated alkanes) is 2. The number of ether oxygens (including phenoxy) is 2. The van der Waals surface area contributed by atoms with Crippen LogP contribution < -0.4 is 0 Å². The Morgan fingerprint density at radius 2 is 1.32 bits per heavy atom. The van der Waals surface area contributed by atoms with Crippen molar-refractivity contribution in [2.45, 2.75) is 87.9 Å². The van der Waals surface area contributed by atoms with Gasteiger partial charge < -0.3 is 9.47 Å². The van der Waals surface area contributed by atoms with Crippen LogP contribution in [-0.4, -0.2) is 35.9 Å². The highest BCUT2D eigenvalue weighted by atomic mass is 32.2. The molecule has 0 radical (unpaired) electrons. The van der Waals surface area contributed by atoms with Gasteiger partial charge in [0.2, 0.25) is 0 Å². The Morgan fingerprint density at radius 3 is 1.74 bits per heavy atom. The molecule has 2 rings (SSSR count). The van der Waals surface area contributed by atoms with Gasteiger partial charge in [-0.15, -0.1) is 11.8 Å². The predicted molar refractivity (Wildman–Crippen MR) is 82.9 cm³/mol. The molecule has 2 nitrogen and oxygen atoms in total. The lowest BCUT2D eigenvalue weighted by Gasteiger charge is -2.24. The van der Waals surface area contributed by atoms with E-state index in [1.807, 2.05) is 0 Å². The van der Waals surface area contributed by atoms with E-state index in [9.17, 15) is 0 Å². The third-order valence-electron chi connectivity index (χ3n) is 4.33. The fourth-order valence-corrected chi connectivity index (χ4v) is 4.84. The molecule has 2 aliphatic rings. The third kappa shape index (κ3) is 4.64. The van der Waals surface area contributed by atoms with E-state index in [0.29, 0.717) is 12.2 Å². The molecule has 2 aliphatic heterocycles. The standard InChI is InChI=1S/C16H30O2S/c1-3-5-7-13-15(9-11-17-13)19-16-10-12-18-14(16)8-6-4-2/h13-16H,3-12H2,1-2H3. The van der Waals surface area contributed by atoms with Crippen LogP contribution in [0.3, 0.4) is 0 Å². The zero-order valence-corrected chi connectivity index (χ0v) is 13.4. The van der Waals surface area contributed by atoms with Crippen molar-refractivity contribution in [2.24, 2.45) is 0 Å². The van der Waals surface area contributed by atoms with Gasteiger partial charge in [-0.05, 0) is 25.7 Å². The van der Waals surface area contributed by atoms with Crippen LogP contribution in [0.2, 0.25) is 0 Å². The topological polar surface area (TPSA) is 18.5 Å². The van der Waals surface area contributed by atoms with Crippen molar-refractivity contribution >= 4 is 11.8 Å². The summed E-state index contributed by atoms with van der Waals surface area (Å²) >= 11 is 2.18. The summed E-state index contributed by atoms with van der Waals surface area (Å²) < 4.78 is 11.9. The highest BCUT2D eigenvalue weighted by Crippen LogP contribution is 2.38. The molecule has 19 heavy (non-hydrogen) atoms. The summed E-state index contributed by atoms with van der Waals surface area (Å²) in [5.41, 5.74) is 0. The molecule has 112 valence electrons. The van der Waals surface area contributed by atoms with Crippen molar-refractivity contribution in [3.8, 4) is 0 Å². The van der Waals surface area contributed by atoms with Crippen LogP contribution in [-0.2, 0) is 9.47 Å². The summed E-state index contributed by atoms with van der Waals surface area (Å²) in [7, 11) is 0. The van der Waals surface area contributed by atoms with Crippen molar-refractivity contribution < 1.29 is 9.47 Å². The molecule has 3 heteroatoms. The van der Waals surface area contributed by atoms with E-state index in [-0.39, 0.29) is 0 Å². The summed E-state index contributed by atoms with van der Waals surface area (Å²) in [5.74, 6) is 0. The van der Waals surface area contributed by atoms with E-state index in [4.69, 9.17) is 9.47 Å². The van der Waals surface area contributed by atoms with Crippen LogP contribution in [0.25, 0.3) is 0 Å². The Bertz CT molecular complexity index is 223. The molecule has 0 spiro atoms. The second-order valence-electron chi connectivity index (χ2n) is 5.89. The predicted octanol–water partition coefficient (Wildman–Crippen LogP) is 4.42. The van der Waals surface area contributed by atoms with E-state index in [1.165, 1.54) is 51.4 Å². The van der Waals surface area contributed by atoms with Crippen molar-refractivity contribution in [1.29, 1.82) is 0 Å². The van der Waals surface area contributed by atoms with E-state index in [2.05, 4.69) is 25.6 Å². The Kier molecular flexibility index (Phi) is 7.03. The first-order chi connectivity index (χ1) is 9.35. The quantitative estimate of drug-likeness (QED) is 0.658. The molecule has 0 bridgehead atoms. The Morgan fingerprint density at radius 1 is 0.842 bits per heavy atom. The van der Waals surface area contributed by atoms with Crippen molar-refractivity contribution in [3.05, 3.63) is 0 Å². The molecular weight excluding hydrogens is 256 g/mol. The number of rotatable bonds is 8. The number of hydrogen-bond donors (Lipinski definition) is 0. The smallest absolute Gasteiger partial charge is 0.0694 e. The average molecular weight is 286 g/mol. The highest BCUT2D eigenvalue weighted by Gasteiger charge is 2.35. The third-order valence-corrected chi connectivity index (χ3v) is 6.11. The minimum Gasteiger partial charge on any atom is -0.377 e. The molecule has 4 atom stereocenters. The van der Waals surface area contributed by atoms with Crippen molar-refractivity contribution in [2.75, 3.05) is 13.2 Å².